The van der Waals surface area contributed by atoms with Crippen molar-refractivity contribution in [3.05, 3.63) is 33.3 Å². The molecular weight excluding hydrogens is 322 g/mol. The van der Waals surface area contributed by atoms with E-state index in [0.717, 1.165) is 5.56 Å². The first-order valence-corrected chi connectivity index (χ1v) is 5.77. The van der Waals surface area contributed by atoms with E-state index >= 15 is 0 Å². The molecule has 0 unspecified atom stereocenters. The lowest BCUT2D eigenvalue weighted by Gasteiger charge is -2.08. The van der Waals surface area contributed by atoms with Gasteiger partial charge in [0.2, 0.25) is 0 Å². The molecule has 1 aromatic rings. The normalized spacial score (nSPS) is 11.4. The summed E-state index contributed by atoms with van der Waals surface area (Å²) in [6.45, 7) is -0.0847. The summed E-state index contributed by atoms with van der Waals surface area (Å²) in [6.07, 6.45) is -4.54. The van der Waals surface area contributed by atoms with E-state index in [1.54, 1.807) is 23.5 Å². The van der Waals surface area contributed by atoms with E-state index in [4.69, 9.17) is 11.6 Å². The van der Waals surface area contributed by atoms with Gasteiger partial charge in [-0.05, 0) is 24.1 Å². The van der Waals surface area contributed by atoms with Crippen molar-refractivity contribution in [2.45, 2.75) is 12.6 Å². The Labute approximate surface area is 109 Å². The predicted octanol–water partition coefficient (Wildman–Crippen LogP) is 3.32. The van der Waals surface area contributed by atoms with Gasteiger partial charge in [-0.25, -0.2) is 0 Å². The summed E-state index contributed by atoms with van der Waals surface area (Å²) >= 11 is 8.95. The standard InChI is InChI=1S/C10H8BrClF3NO/c11-8-5-7(12)2-1-6(8)3-4-16-9(17)10(13,14)15/h1-2,5H,3-4H2,(H,16,17). The molecule has 2 nitrogen and oxygen atoms in total. The lowest BCUT2D eigenvalue weighted by molar-refractivity contribution is -0.173. The van der Waals surface area contributed by atoms with Crippen LogP contribution in [0.4, 0.5) is 13.2 Å². The Morgan fingerprint density at radius 2 is 2.06 bits per heavy atom. The topological polar surface area (TPSA) is 29.1 Å². The number of carbonyl (C=O) groups is 1. The molecule has 0 saturated carbocycles. The Morgan fingerprint density at radius 3 is 2.59 bits per heavy atom. The zero-order valence-electron chi connectivity index (χ0n) is 8.44. The molecule has 0 atom stereocenters. The summed E-state index contributed by atoms with van der Waals surface area (Å²) in [5.41, 5.74) is 0.775. The molecule has 0 bridgehead atoms. The van der Waals surface area contributed by atoms with Crippen molar-refractivity contribution in [2.24, 2.45) is 0 Å². The molecule has 1 rings (SSSR count). The molecule has 0 aliphatic rings. The number of hydrogen-bond acceptors (Lipinski definition) is 1. The molecule has 0 heterocycles. The number of halogens is 5. The fraction of sp³-hybridized carbons (Fsp3) is 0.300. The summed E-state index contributed by atoms with van der Waals surface area (Å²) in [7, 11) is 0. The molecule has 0 aliphatic carbocycles. The number of nitrogens with one attached hydrogen (secondary N) is 1. The molecule has 0 aromatic heterocycles. The van der Waals surface area contributed by atoms with Crippen molar-refractivity contribution in [3.63, 3.8) is 0 Å². The quantitative estimate of drug-likeness (QED) is 0.905. The van der Waals surface area contributed by atoms with Gasteiger partial charge in [0, 0.05) is 16.0 Å². The number of hydrogen-bond donors (Lipinski definition) is 1. The van der Waals surface area contributed by atoms with Crippen LogP contribution in [-0.2, 0) is 11.2 Å². The highest BCUT2D eigenvalue weighted by atomic mass is 79.9. The van der Waals surface area contributed by atoms with Crippen molar-refractivity contribution in [2.75, 3.05) is 6.54 Å². The third-order valence-corrected chi connectivity index (χ3v) is 2.93. The SMILES string of the molecule is O=C(NCCc1ccc(Cl)cc1Br)C(F)(F)F. The third-order valence-electron chi connectivity index (χ3n) is 1.95. The van der Waals surface area contributed by atoms with Crippen LogP contribution in [0.1, 0.15) is 5.56 Å². The van der Waals surface area contributed by atoms with E-state index in [2.05, 4.69) is 15.9 Å². The Hall–Kier alpha value is -0.750. The van der Waals surface area contributed by atoms with Crippen LogP contribution in [0.25, 0.3) is 0 Å². The largest absolute Gasteiger partial charge is 0.471 e. The zero-order chi connectivity index (χ0) is 13.1. The van der Waals surface area contributed by atoms with Crippen LogP contribution in [0.3, 0.4) is 0 Å². The Kier molecular flexibility index (Phi) is 4.82. The number of amides is 1. The third kappa shape index (κ3) is 4.55. The van der Waals surface area contributed by atoms with Crippen LogP contribution in [0, 0.1) is 0 Å². The first kappa shape index (κ1) is 14.3. The maximum Gasteiger partial charge on any atom is 0.471 e. The second-order valence-electron chi connectivity index (χ2n) is 3.24. The van der Waals surface area contributed by atoms with Gasteiger partial charge in [-0.3, -0.25) is 4.79 Å². The van der Waals surface area contributed by atoms with Gasteiger partial charge in [-0.2, -0.15) is 13.2 Å². The van der Waals surface area contributed by atoms with Crippen molar-refractivity contribution >= 4 is 33.4 Å². The smallest absolute Gasteiger partial charge is 0.348 e. The molecule has 1 aromatic carbocycles. The van der Waals surface area contributed by atoms with Crippen LogP contribution >= 0.6 is 27.5 Å². The van der Waals surface area contributed by atoms with Crippen LogP contribution in [0.2, 0.25) is 5.02 Å². The van der Waals surface area contributed by atoms with Gasteiger partial charge in [0.25, 0.3) is 0 Å². The minimum Gasteiger partial charge on any atom is -0.348 e. The molecular formula is C10H8BrClF3NO. The van der Waals surface area contributed by atoms with Crippen molar-refractivity contribution in [1.29, 1.82) is 0 Å². The summed E-state index contributed by atoms with van der Waals surface area (Å²) in [6, 6.07) is 4.96. The van der Waals surface area contributed by atoms with E-state index in [9.17, 15) is 18.0 Å². The van der Waals surface area contributed by atoms with E-state index in [-0.39, 0.29) is 6.54 Å². The van der Waals surface area contributed by atoms with E-state index in [1.807, 2.05) is 0 Å². The number of alkyl halides is 3. The lowest BCUT2D eigenvalue weighted by atomic mass is 10.1. The van der Waals surface area contributed by atoms with Crippen LogP contribution in [0.15, 0.2) is 22.7 Å². The summed E-state index contributed by atoms with van der Waals surface area (Å²) in [5.74, 6) is -1.93. The van der Waals surface area contributed by atoms with Crippen molar-refractivity contribution < 1.29 is 18.0 Å². The van der Waals surface area contributed by atoms with Gasteiger partial charge in [-0.1, -0.05) is 33.6 Å². The summed E-state index contributed by atoms with van der Waals surface area (Å²) < 4.78 is 36.3. The second-order valence-corrected chi connectivity index (χ2v) is 4.53. The van der Waals surface area contributed by atoms with Crippen molar-refractivity contribution in [3.8, 4) is 0 Å². The lowest BCUT2D eigenvalue weighted by Crippen LogP contribution is -2.37. The monoisotopic (exact) mass is 329 g/mol. The molecule has 7 heteroatoms. The highest BCUT2D eigenvalue weighted by Crippen LogP contribution is 2.21. The highest BCUT2D eigenvalue weighted by molar-refractivity contribution is 9.10. The average Bonchev–Trinajstić information content (AvgIpc) is 2.19. The zero-order valence-corrected chi connectivity index (χ0v) is 10.8. The molecule has 0 saturated heterocycles. The first-order chi connectivity index (χ1) is 7.80. The maximum absolute atomic E-state index is 11.9. The van der Waals surface area contributed by atoms with Gasteiger partial charge in [0.05, 0.1) is 0 Å². The van der Waals surface area contributed by atoms with Gasteiger partial charge < -0.3 is 5.32 Å². The first-order valence-electron chi connectivity index (χ1n) is 4.59. The molecule has 1 amide bonds. The highest BCUT2D eigenvalue weighted by Gasteiger charge is 2.38. The average molecular weight is 331 g/mol. The number of carbonyl (C=O) groups excluding carboxylic acids is 1. The number of rotatable bonds is 3. The minimum atomic E-state index is -4.84. The fourth-order valence-electron chi connectivity index (χ4n) is 1.14. The van der Waals surface area contributed by atoms with Crippen LogP contribution in [-0.4, -0.2) is 18.6 Å². The molecule has 17 heavy (non-hydrogen) atoms. The van der Waals surface area contributed by atoms with E-state index in [0.29, 0.717) is 15.9 Å². The van der Waals surface area contributed by atoms with Crippen LogP contribution in [0.5, 0.6) is 0 Å². The van der Waals surface area contributed by atoms with Crippen LogP contribution < -0.4 is 5.32 Å². The Morgan fingerprint density at radius 1 is 1.41 bits per heavy atom. The Balaban J connectivity index is 2.49. The molecule has 1 N–H and O–H groups in total. The molecule has 94 valence electrons. The molecule has 0 fully saturated rings. The van der Waals surface area contributed by atoms with E-state index < -0.39 is 12.1 Å². The van der Waals surface area contributed by atoms with Gasteiger partial charge in [0.1, 0.15) is 0 Å². The maximum atomic E-state index is 11.9. The summed E-state index contributed by atoms with van der Waals surface area (Å²) in [4.78, 5) is 10.5. The predicted molar refractivity (Wildman–Crippen MR) is 61.9 cm³/mol. The van der Waals surface area contributed by atoms with Crippen molar-refractivity contribution in [1.82, 2.24) is 5.32 Å². The van der Waals surface area contributed by atoms with Gasteiger partial charge in [0.15, 0.2) is 0 Å². The Bertz CT molecular complexity index is 423. The molecule has 0 radical (unpaired) electrons. The van der Waals surface area contributed by atoms with Gasteiger partial charge >= 0.3 is 12.1 Å². The van der Waals surface area contributed by atoms with Gasteiger partial charge in [-0.15, -0.1) is 0 Å². The van der Waals surface area contributed by atoms with E-state index in [1.165, 1.54) is 0 Å². The number of benzene rings is 1. The molecule has 0 aliphatic heterocycles. The second kappa shape index (κ2) is 5.73. The fourth-order valence-corrected chi connectivity index (χ4v) is 2.02. The molecule has 0 spiro atoms. The summed E-state index contributed by atoms with van der Waals surface area (Å²) in [5, 5.41) is 2.32. The minimum absolute atomic E-state index is 0.0847.